The maximum atomic E-state index is 14.5. The van der Waals surface area contributed by atoms with Crippen molar-refractivity contribution in [3.63, 3.8) is 0 Å². The number of benzene rings is 3. The second-order valence-electron chi connectivity index (χ2n) is 11.7. The molecule has 0 radical (unpaired) electrons. The van der Waals surface area contributed by atoms with Gasteiger partial charge in [-0.05, 0) is 60.4 Å². The lowest BCUT2D eigenvalue weighted by Crippen LogP contribution is -2.49. The van der Waals surface area contributed by atoms with E-state index in [0.717, 1.165) is 27.3 Å². The molecule has 0 aliphatic carbocycles. The molecule has 0 aliphatic heterocycles. The third kappa shape index (κ3) is 6.82. The van der Waals surface area contributed by atoms with Crippen LogP contribution in [0.1, 0.15) is 59.4 Å². The van der Waals surface area contributed by atoms with Gasteiger partial charge >= 0.3 is 5.97 Å². The standard InChI is InChI=1S/C33H35Cl2NO4SSi/c1-21(29(23-15-11-8-12-16-23)40-42(5,6)33(2,3)4)36(31(37)25-18-17-24(34)19-26(25)35)27-20-28(41-30(27)32(38)39)22-13-9-7-10-14-22/h7-21,29H,1-6H3,(H,38,39)/t21?,29-/m1/s1. The summed E-state index contributed by atoms with van der Waals surface area (Å²) in [5.74, 6) is -1.56. The largest absolute Gasteiger partial charge is 0.477 e. The number of thiophene rings is 1. The summed E-state index contributed by atoms with van der Waals surface area (Å²) in [6, 6.07) is 25.1. The lowest BCUT2D eigenvalue weighted by Gasteiger charge is -2.43. The SMILES string of the molecule is CC([C@@H](O[Si](C)(C)C(C)(C)C)c1ccccc1)N(C(=O)c1ccc(Cl)cc1Cl)c1cc(-c2ccccc2)sc1C(=O)O. The summed E-state index contributed by atoms with van der Waals surface area (Å²) < 4.78 is 7.03. The van der Waals surface area contributed by atoms with E-state index >= 15 is 0 Å². The van der Waals surface area contributed by atoms with Crippen molar-refractivity contribution in [1.29, 1.82) is 0 Å². The number of rotatable bonds is 9. The molecule has 1 amide bonds. The van der Waals surface area contributed by atoms with E-state index < -0.39 is 32.3 Å². The van der Waals surface area contributed by atoms with Crippen LogP contribution in [0.4, 0.5) is 5.69 Å². The zero-order valence-corrected chi connectivity index (χ0v) is 27.8. The second kappa shape index (κ2) is 12.7. The predicted molar refractivity (Wildman–Crippen MR) is 177 cm³/mol. The maximum Gasteiger partial charge on any atom is 0.348 e. The fourth-order valence-corrected chi connectivity index (χ4v) is 7.29. The van der Waals surface area contributed by atoms with Gasteiger partial charge in [0, 0.05) is 9.90 Å². The van der Waals surface area contributed by atoms with Gasteiger partial charge in [-0.25, -0.2) is 4.79 Å². The molecule has 4 aromatic rings. The quantitative estimate of drug-likeness (QED) is 0.185. The molecule has 220 valence electrons. The second-order valence-corrected chi connectivity index (χ2v) is 18.4. The number of anilines is 1. The van der Waals surface area contributed by atoms with Gasteiger partial charge < -0.3 is 14.4 Å². The summed E-state index contributed by atoms with van der Waals surface area (Å²) in [5, 5.41) is 10.8. The number of hydrogen-bond donors (Lipinski definition) is 1. The summed E-state index contributed by atoms with van der Waals surface area (Å²) >= 11 is 13.9. The molecule has 0 saturated heterocycles. The van der Waals surface area contributed by atoms with E-state index in [1.807, 2.05) is 67.6 Å². The van der Waals surface area contributed by atoms with Crippen LogP contribution in [0, 0.1) is 0 Å². The van der Waals surface area contributed by atoms with E-state index in [-0.39, 0.29) is 26.2 Å². The van der Waals surface area contributed by atoms with Crippen LogP contribution < -0.4 is 4.90 Å². The Labute approximate surface area is 262 Å². The molecule has 1 aromatic heterocycles. The highest BCUT2D eigenvalue weighted by Gasteiger charge is 2.43. The molecular formula is C33H35Cl2NO4SSi. The number of carbonyl (C=O) groups is 2. The lowest BCUT2D eigenvalue weighted by molar-refractivity contribution is 0.0702. The van der Waals surface area contributed by atoms with E-state index in [1.54, 1.807) is 18.2 Å². The normalized spacial score (nSPS) is 13.4. The number of carboxylic acids is 1. The Bertz CT molecular complexity index is 1570. The van der Waals surface area contributed by atoms with Gasteiger partial charge in [-0.1, -0.05) is 105 Å². The minimum Gasteiger partial charge on any atom is -0.477 e. The van der Waals surface area contributed by atoms with Gasteiger partial charge in [0.1, 0.15) is 4.88 Å². The van der Waals surface area contributed by atoms with Crippen molar-refractivity contribution in [2.75, 3.05) is 4.90 Å². The maximum absolute atomic E-state index is 14.5. The molecular weight excluding hydrogens is 605 g/mol. The number of amides is 1. The number of carbonyl (C=O) groups excluding carboxylic acids is 1. The Morgan fingerprint density at radius 2 is 1.52 bits per heavy atom. The minimum atomic E-state index is -2.37. The van der Waals surface area contributed by atoms with Crippen LogP contribution in [0.15, 0.2) is 84.9 Å². The van der Waals surface area contributed by atoms with E-state index in [9.17, 15) is 14.7 Å². The van der Waals surface area contributed by atoms with E-state index in [4.69, 9.17) is 27.6 Å². The van der Waals surface area contributed by atoms with Gasteiger partial charge in [0.2, 0.25) is 0 Å². The summed E-state index contributed by atoms with van der Waals surface area (Å²) in [6.07, 6.45) is -0.552. The van der Waals surface area contributed by atoms with Crippen molar-refractivity contribution in [3.8, 4) is 10.4 Å². The molecule has 4 rings (SSSR count). The lowest BCUT2D eigenvalue weighted by atomic mass is 10.0. The van der Waals surface area contributed by atoms with Crippen LogP contribution in [0.3, 0.4) is 0 Å². The zero-order valence-electron chi connectivity index (χ0n) is 24.5. The fraction of sp³-hybridized carbons (Fsp3) is 0.273. The average Bonchev–Trinajstić information content (AvgIpc) is 3.37. The molecule has 5 nitrogen and oxygen atoms in total. The van der Waals surface area contributed by atoms with Gasteiger partial charge in [0.15, 0.2) is 8.32 Å². The number of carboxylic acid groups (broad SMARTS) is 1. The average molecular weight is 641 g/mol. The molecule has 3 aromatic carbocycles. The van der Waals surface area contributed by atoms with E-state index in [0.29, 0.717) is 5.02 Å². The highest BCUT2D eigenvalue weighted by atomic mass is 35.5. The first-order valence-corrected chi connectivity index (χ1v) is 18.1. The van der Waals surface area contributed by atoms with Crippen molar-refractivity contribution < 1.29 is 19.1 Å². The van der Waals surface area contributed by atoms with Crippen LogP contribution in [0.25, 0.3) is 10.4 Å². The Morgan fingerprint density at radius 3 is 2.07 bits per heavy atom. The molecule has 1 N–H and O–H groups in total. The topological polar surface area (TPSA) is 66.8 Å². The van der Waals surface area contributed by atoms with Crippen molar-refractivity contribution in [3.05, 3.63) is 111 Å². The number of aromatic carboxylic acids is 1. The van der Waals surface area contributed by atoms with Gasteiger partial charge in [0.25, 0.3) is 5.91 Å². The smallest absolute Gasteiger partial charge is 0.348 e. The van der Waals surface area contributed by atoms with Crippen LogP contribution in [-0.2, 0) is 4.43 Å². The van der Waals surface area contributed by atoms with Gasteiger partial charge in [-0.2, -0.15) is 0 Å². The highest BCUT2D eigenvalue weighted by molar-refractivity contribution is 7.18. The Hall–Kier alpha value is -2.94. The fourth-order valence-electron chi connectivity index (χ4n) is 4.48. The molecule has 42 heavy (non-hydrogen) atoms. The molecule has 0 bridgehead atoms. The molecule has 1 unspecified atom stereocenters. The predicted octanol–water partition coefficient (Wildman–Crippen LogP) is 10.2. The Morgan fingerprint density at radius 1 is 0.929 bits per heavy atom. The van der Waals surface area contributed by atoms with Gasteiger partial charge in [-0.3, -0.25) is 4.79 Å². The molecule has 0 spiro atoms. The molecule has 0 aliphatic rings. The third-order valence-corrected chi connectivity index (χ3v) is 14.0. The van der Waals surface area contributed by atoms with Gasteiger partial charge in [-0.15, -0.1) is 11.3 Å². The van der Waals surface area contributed by atoms with E-state index in [2.05, 4.69) is 33.9 Å². The first-order valence-electron chi connectivity index (χ1n) is 13.6. The first-order chi connectivity index (χ1) is 19.7. The Kier molecular flexibility index (Phi) is 9.70. The Balaban J connectivity index is 1.95. The molecule has 0 saturated carbocycles. The van der Waals surface area contributed by atoms with Crippen molar-refractivity contribution in [2.24, 2.45) is 0 Å². The van der Waals surface area contributed by atoms with Crippen LogP contribution in [0.5, 0.6) is 0 Å². The van der Waals surface area contributed by atoms with E-state index in [1.165, 1.54) is 11.0 Å². The summed E-state index contributed by atoms with van der Waals surface area (Å²) in [5.41, 5.74) is 2.26. The summed E-state index contributed by atoms with van der Waals surface area (Å²) in [4.78, 5) is 29.5. The monoisotopic (exact) mass is 639 g/mol. The number of hydrogen-bond acceptors (Lipinski definition) is 4. The van der Waals surface area contributed by atoms with Crippen molar-refractivity contribution in [2.45, 2.75) is 58.0 Å². The van der Waals surface area contributed by atoms with Crippen LogP contribution in [0.2, 0.25) is 28.2 Å². The zero-order chi connectivity index (χ0) is 30.8. The number of nitrogens with zero attached hydrogens (tertiary/aromatic N) is 1. The first kappa shape index (κ1) is 32.0. The third-order valence-electron chi connectivity index (χ3n) is 7.81. The minimum absolute atomic E-state index is 0.0540. The van der Waals surface area contributed by atoms with Crippen molar-refractivity contribution >= 4 is 60.4 Å². The summed E-state index contributed by atoms with van der Waals surface area (Å²) in [7, 11) is -2.37. The highest BCUT2D eigenvalue weighted by Crippen LogP contribution is 2.44. The molecule has 2 atom stereocenters. The van der Waals surface area contributed by atoms with Crippen LogP contribution >= 0.6 is 34.5 Å². The molecule has 0 fully saturated rings. The molecule has 1 heterocycles. The van der Waals surface area contributed by atoms with Gasteiger partial charge in [0.05, 0.1) is 28.4 Å². The number of halogens is 2. The molecule has 9 heteroatoms. The van der Waals surface area contributed by atoms with Crippen LogP contribution in [-0.4, -0.2) is 31.3 Å². The summed E-state index contributed by atoms with van der Waals surface area (Å²) in [6.45, 7) is 12.7. The van der Waals surface area contributed by atoms with Crippen molar-refractivity contribution in [1.82, 2.24) is 0 Å².